The van der Waals surface area contributed by atoms with Gasteiger partial charge in [0.05, 0.1) is 6.04 Å². The Morgan fingerprint density at radius 2 is 1.83 bits per heavy atom. The molecule has 0 saturated carbocycles. The minimum atomic E-state index is -0.747. The molecule has 5 heteroatoms. The molecule has 0 aliphatic carbocycles. The van der Waals surface area contributed by atoms with Gasteiger partial charge in [0.15, 0.2) is 0 Å². The predicted octanol–water partition coefficient (Wildman–Crippen LogP) is 1.51. The van der Waals surface area contributed by atoms with Crippen molar-refractivity contribution >= 4 is 11.9 Å². The highest BCUT2D eigenvalue weighted by Crippen LogP contribution is 2.05. The number of carboxylic acid groups (broad SMARTS) is 1. The van der Waals surface area contributed by atoms with E-state index in [1.165, 1.54) is 0 Å². The summed E-state index contributed by atoms with van der Waals surface area (Å²) in [5, 5.41) is 11.3. The summed E-state index contributed by atoms with van der Waals surface area (Å²) in [5.74, 6) is -0.640. The van der Waals surface area contributed by atoms with E-state index in [0.29, 0.717) is 13.0 Å². The standard InChI is InChI=1S/C13H26N2O3/c1-3-10(2)12(14)13(18)15-9-7-5-4-6-8-11(16)17/h10,12H,3-9,14H2,1-2H3,(H,15,18)(H,16,17). The van der Waals surface area contributed by atoms with Gasteiger partial charge < -0.3 is 16.2 Å². The maximum Gasteiger partial charge on any atom is 0.303 e. The number of nitrogens with one attached hydrogen (secondary N) is 1. The molecule has 2 unspecified atom stereocenters. The largest absolute Gasteiger partial charge is 0.481 e. The molecule has 0 fully saturated rings. The van der Waals surface area contributed by atoms with E-state index in [4.69, 9.17) is 10.8 Å². The zero-order valence-corrected chi connectivity index (χ0v) is 11.4. The fourth-order valence-corrected chi connectivity index (χ4v) is 1.60. The van der Waals surface area contributed by atoms with Gasteiger partial charge in [-0.15, -0.1) is 0 Å². The molecule has 106 valence electrons. The highest BCUT2D eigenvalue weighted by molar-refractivity contribution is 5.81. The van der Waals surface area contributed by atoms with Crippen molar-refractivity contribution in [3.05, 3.63) is 0 Å². The van der Waals surface area contributed by atoms with E-state index >= 15 is 0 Å². The summed E-state index contributed by atoms with van der Waals surface area (Å²) >= 11 is 0. The van der Waals surface area contributed by atoms with Gasteiger partial charge in [0.1, 0.15) is 0 Å². The molecule has 5 nitrogen and oxygen atoms in total. The number of aliphatic carboxylic acids is 1. The van der Waals surface area contributed by atoms with E-state index < -0.39 is 12.0 Å². The molecule has 0 aliphatic heterocycles. The molecule has 1 amide bonds. The number of carbonyl (C=O) groups is 2. The van der Waals surface area contributed by atoms with Crippen molar-refractivity contribution in [2.24, 2.45) is 11.7 Å². The molecule has 0 aromatic carbocycles. The van der Waals surface area contributed by atoms with Crippen LogP contribution in [-0.2, 0) is 9.59 Å². The average Bonchev–Trinajstić information content (AvgIpc) is 2.35. The molecule has 0 rings (SSSR count). The third kappa shape index (κ3) is 8.06. The fraction of sp³-hybridized carbons (Fsp3) is 0.846. The summed E-state index contributed by atoms with van der Waals surface area (Å²) in [4.78, 5) is 21.9. The Bertz CT molecular complexity index is 257. The van der Waals surface area contributed by atoms with Gasteiger partial charge in [-0.2, -0.15) is 0 Å². The second kappa shape index (κ2) is 9.88. The highest BCUT2D eigenvalue weighted by Gasteiger charge is 2.18. The van der Waals surface area contributed by atoms with Crippen molar-refractivity contribution in [3.63, 3.8) is 0 Å². The van der Waals surface area contributed by atoms with Gasteiger partial charge >= 0.3 is 5.97 Å². The molecular weight excluding hydrogens is 232 g/mol. The molecule has 0 aromatic heterocycles. The van der Waals surface area contributed by atoms with Crippen LogP contribution in [0.4, 0.5) is 0 Å². The maximum atomic E-state index is 11.6. The van der Waals surface area contributed by atoms with Gasteiger partial charge in [0.25, 0.3) is 0 Å². The number of unbranched alkanes of at least 4 members (excludes halogenated alkanes) is 3. The van der Waals surface area contributed by atoms with Crippen LogP contribution in [0.25, 0.3) is 0 Å². The van der Waals surface area contributed by atoms with Gasteiger partial charge in [-0.25, -0.2) is 0 Å². The Morgan fingerprint density at radius 1 is 1.22 bits per heavy atom. The topological polar surface area (TPSA) is 92.4 Å². The predicted molar refractivity (Wildman–Crippen MR) is 71.2 cm³/mol. The highest BCUT2D eigenvalue weighted by atomic mass is 16.4. The second-order valence-corrected chi connectivity index (χ2v) is 4.76. The number of hydrogen-bond acceptors (Lipinski definition) is 3. The molecule has 0 radical (unpaired) electrons. The summed E-state index contributed by atoms with van der Waals surface area (Å²) in [5.41, 5.74) is 5.79. The Balaban J connectivity index is 3.49. The van der Waals surface area contributed by atoms with Crippen LogP contribution in [0.15, 0.2) is 0 Å². The van der Waals surface area contributed by atoms with Crippen molar-refractivity contribution in [2.45, 2.75) is 58.4 Å². The van der Waals surface area contributed by atoms with E-state index in [1.807, 2.05) is 13.8 Å². The first-order valence-corrected chi connectivity index (χ1v) is 6.74. The summed E-state index contributed by atoms with van der Waals surface area (Å²) in [6.07, 6.45) is 4.52. The zero-order chi connectivity index (χ0) is 14.0. The van der Waals surface area contributed by atoms with Crippen LogP contribution < -0.4 is 11.1 Å². The Morgan fingerprint density at radius 3 is 2.39 bits per heavy atom. The van der Waals surface area contributed by atoms with Crippen LogP contribution in [0, 0.1) is 5.92 Å². The number of amides is 1. The van der Waals surface area contributed by atoms with Crippen LogP contribution in [-0.4, -0.2) is 29.6 Å². The average molecular weight is 258 g/mol. The van der Waals surface area contributed by atoms with Crippen LogP contribution >= 0.6 is 0 Å². The van der Waals surface area contributed by atoms with E-state index in [1.54, 1.807) is 0 Å². The first-order chi connectivity index (χ1) is 8.49. The van der Waals surface area contributed by atoms with E-state index in [-0.39, 0.29) is 18.2 Å². The lowest BCUT2D eigenvalue weighted by Gasteiger charge is -2.17. The molecule has 4 N–H and O–H groups in total. The smallest absolute Gasteiger partial charge is 0.303 e. The van der Waals surface area contributed by atoms with E-state index in [2.05, 4.69) is 5.32 Å². The van der Waals surface area contributed by atoms with Crippen LogP contribution in [0.3, 0.4) is 0 Å². The van der Waals surface area contributed by atoms with E-state index in [9.17, 15) is 9.59 Å². The second-order valence-electron chi connectivity index (χ2n) is 4.76. The van der Waals surface area contributed by atoms with Crippen molar-refractivity contribution in [2.75, 3.05) is 6.54 Å². The van der Waals surface area contributed by atoms with Crippen LogP contribution in [0.1, 0.15) is 52.4 Å². The fourth-order valence-electron chi connectivity index (χ4n) is 1.60. The van der Waals surface area contributed by atoms with Gasteiger partial charge in [0, 0.05) is 13.0 Å². The van der Waals surface area contributed by atoms with Crippen molar-refractivity contribution in [3.8, 4) is 0 Å². The molecule has 0 heterocycles. The Hall–Kier alpha value is -1.10. The number of carboxylic acids is 1. The first kappa shape index (κ1) is 16.9. The number of carbonyl (C=O) groups excluding carboxylic acids is 1. The van der Waals surface area contributed by atoms with Crippen molar-refractivity contribution < 1.29 is 14.7 Å². The molecule has 0 bridgehead atoms. The molecule has 0 aromatic rings. The number of hydrogen-bond donors (Lipinski definition) is 3. The monoisotopic (exact) mass is 258 g/mol. The Kier molecular flexibility index (Phi) is 9.28. The maximum absolute atomic E-state index is 11.6. The SMILES string of the molecule is CCC(C)C(N)C(=O)NCCCCCCC(=O)O. The van der Waals surface area contributed by atoms with Crippen LogP contribution in [0.5, 0.6) is 0 Å². The summed E-state index contributed by atoms with van der Waals surface area (Å²) in [6.45, 7) is 4.60. The molecule has 2 atom stereocenters. The minimum absolute atomic E-state index is 0.0881. The quantitative estimate of drug-likeness (QED) is 0.518. The Labute approximate surface area is 109 Å². The van der Waals surface area contributed by atoms with Gasteiger partial charge in [-0.3, -0.25) is 9.59 Å². The third-order valence-corrected chi connectivity index (χ3v) is 3.18. The van der Waals surface area contributed by atoms with E-state index in [0.717, 1.165) is 25.7 Å². The van der Waals surface area contributed by atoms with Gasteiger partial charge in [-0.1, -0.05) is 33.1 Å². The lowest BCUT2D eigenvalue weighted by atomic mass is 9.99. The lowest BCUT2D eigenvalue weighted by molar-refractivity contribution is -0.137. The molecule has 0 aliphatic rings. The van der Waals surface area contributed by atoms with Crippen molar-refractivity contribution in [1.29, 1.82) is 0 Å². The third-order valence-electron chi connectivity index (χ3n) is 3.18. The minimum Gasteiger partial charge on any atom is -0.481 e. The summed E-state index contributed by atoms with van der Waals surface area (Å²) < 4.78 is 0. The first-order valence-electron chi connectivity index (χ1n) is 6.74. The van der Waals surface area contributed by atoms with Gasteiger partial charge in [0.2, 0.25) is 5.91 Å². The van der Waals surface area contributed by atoms with Crippen molar-refractivity contribution in [1.82, 2.24) is 5.32 Å². The summed E-state index contributed by atoms with van der Waals surface area (Å²) in [7, 11) is 0. The normalized spacial score (nSPS) is 13.9. The summed E-state index contributed by atoms with van der Waals surface area (Å²) in [6, 6.07) is -0.429. The molecular formula is C13H26N2O3. The lowest BCUT2D eigenvalue weighted by Crippen LogP contribution is -2.44. The number of rotatable bonds is 10. The number of nitrogens with two attached hydrogens (primary N) is 1. The molecule has 0 saturated heterocycles. The van der Waals surface area contributed by atoms with Gasteiger partial charge in [-0.05, 0) is 18.8 Å². The molecule has 0 spiro atoms. The molecule has 18 heavy (non-hydrogen) atoms. The zero-order valence-electron chi connectivity index (χ0n) is 11.4. The van der Waals surface area contributed by atoms with Crippen LogP contribution in [0.2, 0.25) is 0 Å².